The first kappa shape index (κ1) is 15.1. The Bertz CT molecular complexity index is 1120. The fourth-order valence-corrected chi connectivity index (χ4v) is 2.77. The molecule has 1 aliphatic rings. The van der Waals surface area contributed by atoms with Crippen LogP contribution in [0.5, 0.6) is 5.75 Å². The number of benzene rings is 1. The quantitative estimate of drug-likeness (QED) is 0.758. The van der Waals surface area contributed by atoms with Gasteiger partial charge >= 0.3 is 5.97 Å². The standard InChI is InChI=1S/C16H9F2N3O4/c17-10-4-8-13-15(12(10)18)25-6-7(3-11-19-1-2-20-11)21(13)5-9(14(8)22)16(23)24/h1-2,4-6H,3H2,(H,19,20)(H,23,24). The van der Waals surface area contributed by atoms with Crippen LogP contribution in [0.2, 0.25) is 0 Å². The van der Waals surface area contributed by atoms with Crippen LogP contribution >= 0.6 is 0 Å². The number of imidazole rings is 1. The summed E-state index contributed by atoms with van der Waals surface area (Å²) < 4.78 is 34.4. The number of allylic oxidation sites excluding steroid dienone is 1. The van der Waals surface area contributed by atoms with Gasteiger partial charge in [0, 0.05) is 25.0 Å². The molecule has 1 aromatic carbocycles. The van der Waals surface area contributed by atoms with Crippen LogP contribution in [0.25, 0.3) is 16.6 Å². The average Bonchev–Trinajstić information content (AvgIpc) is 3.08. The van der Waals surface area contributed by atoms with Gasteiger partial charge in [-0.2, -0.15) is 4.39 Å². The Morgan fingerprint density at radius 2 is 2.20 bits per heavy atom. The molecule has 0 fully saturated rings. The second kappa shape index (κ2) is 5.26. The molecule has 0 saturated carbocycles. The summed E-state index contributed by atoms with van der Waals surface area (Å²) in [5.74, 6) is -3.93. The van der Waals surface area contributed by atoms with E-state index in [1.807, 2.05) is 0 Å². The number of ether oxygens (including phenoxy) is 1. The third kappa shape index (κ3) is 2.20. The number of nitrogens with zero attached hydrogens (tertiary/aromatic N) is 2. The number of pyridine rings is 1. The first-order valence-electron chi connectivity index (χ1n) is 7.12. The molecule has 126 valence electrons. The molecule has 2 N–H and O–H groups in total. The van der Waals surface area contributed by atoms with Gasteiger partial charge in [-0.1, -0.05) is 0 Å². The van der Waals surface area contributed by atoms with Crippen LogP contribution in [0.15, 0.2) is 35.7 Å². The van der Waals surface area contributed by atoms with Crippen LogP contribution in [0.3, 0.4) is 0 Å². The summed E-state index contributed by atoms with van der Waals surface area (Å²) in [5.41, 5.74) is -1.10. The summed E-state index contributed by atoms with van der Waals surface area (Å²) in [5, 5.41) is 8.97. The molecule has 25 heavy (non-hydrogen) atoms. The summed E-state index contributed by atoms with van der Waals surface area (Å²) in [6, 6.07) is 0.679. The highest BCUT2D eigenvalue weighted by Gasteiger charge is 2.26. The fraction of sp³-hybridized carbons (Fsp3) is 0.0625. The Morgan fingerprint density at radius 3 is 2.88 bits per heavy atom. The largest absolute Gasteiger partial charge is 0.477 e. The van der Waals surface area contributed by atoms with Crippen LogP contribution < -0.4 is 10.2 Å². The lowest BCUT2D eigenvalue weighted by Crippen LogP contribution is -2.22. The summed E-state index contributed by atoms with van der Waals surface area (Å²) in [4.78, 5) is 30.6. The van der Waals surface area contributed by atoms with Crippen molar-refractivity contribution in [3.63, 3.8) is 0 Å². The number of aromatic carboxylic acids is 1. The molecule has 3 aromatic rings. The zero-order chi connectivity index (χ0) is 17.7. The second-order valence-corrected chi connectivity index (χ2v) is 5.38. The Kier molecular flexibility index (Phi) is 3.17. The van der Waals surface area contributed by atoms with E-state index in [0.29, 0.717) is 17.6 Å². The minimum atomic E-state index is -1.47. The molecule has 4 rings (SSSR count). The molecule has 1 aliphatic heterocycles. The van der Waals surface area contributed by atoms with E-state index in [0.717, 1.165) is 6.20 Å². The fourth-order valence-electron chi connectivity index (χ4n) is 2.77. The summed E-state index contributed by atoms with van der Waals surface area (Å²) >= 11 is 0. The van der Waals surface area contributed by atoms with Crippen LogP contribution in [-0.2, 0) is 6.42 Å². The first-order chi connectivity index (χ1) is 12.0. The average molecular weight is 345 g/mol. The van der Waals surface area contributed by atoms with E-state index in [9.17, 15) is 23.5 Å². The lowest BCUT2D eigenvalue weighted by atomic mass is 10.1. The van der Waals surface area contributed by atoms with Crippen LogP contribution in [0, 0.1) is 11.6 Å². The first-order valence-corrected chi connectivity index (χ1v) is 7.12. The number of carbonyl (C=O) groups is 1. The normalized spacial score (nSPS) is 12.8. The van der Waals surface area contributed by atoms with Crippen molar-refractivity contribution in [3.05, 3.63) is 64.2 Å². The molecule has 9 heteroatoms. The third-order valence-electron chi connectivity index (χ3n) is 3.89. The molecule has 0 atom stereocenters. The third-order valence-corrected chi connectivity index (χ3v) is 3.89. The number of nitrogens with one attached hydrogen (secondary N) is 1. The Morgan fingerprint density at radius 1 is 1.40 bits per heavy atom. The number of aromatic nitrogens is 3. The van der Waals surface area contributed by atoms with Crippen molar-refractivity contribution in [1.29, 1.82) is 0 Å². The molecule has 0 unspecified atom stereocenters. The molecule has 0 aliphatic carbocycles. The van der Waals surface area contributed by atoms with Crippen LogP contribution in [0.4, 0.5) is 8.78 Å². The number of aromatic amines is 1. The number of halogens is 2. The van der Waals surface area contributed by atoms with E-state index in [2.05, 4.69) is 9.97 Å². The smallest absolute Gasteiger partial charge is 0.341 e. The van der Waals surface area contributed by atoms with Gasteiger partial charge in [0.2, 0.25) is 11.2 Å². The van der Waals surface area contributed by atoms with E-state index in [-0.39, 0.29) is 17.3 Å². The maximum atomic E-state index is 14.1. The molecule has 0 spiro atoms. The second-order valence-electron chi connectivity index (χ2n) is 5.38. The molecular formula is C16H9F2N3O4. The SMILES string of the molecule is O=C(O)c1cn2c3c(c(F)c(F)cc3c1=O)OC=C2Cc1ncc[nH]1. The Balaban J connectivity index is 2.04. The molecule has 0 bridgehead atoms. The zero-order valence-electron chi connectivity index (χ0n) is 12.4. The van der Waals surface area contributed by atoms with Crippen molar-refractivity contribution in [2.45, 2.75) is 6.42 Å². The van der Waals surface area contributed by atoms with E-state index < -0.39 is 34.3 Å². The summed E-state index contributed by atoms with van der Waals surface area (Å²) in [6.07, 6.45) is 5.58. The molecule has 0 radical (unpaired) electrons. The lowest BCUT2D eigenvalue weighted by Gasteiger charge is -2.22. The van der Waals surface area contributed by atoms with Crippen molar-refractivity contribution in [1.82, 2.24) is 14.5 Å². The number of carboxylic acids is 1. The Labute approximate surface area is 137 Å². The number of rotatable bonds is 3. The van der Waals surface area contributed by atoms with Gasteiger partial charge in [0.1, 0.15) is 23.2 Å². The van der Waals surface area contributed by atoms with Crippen molar-refractivity contribution in [2.24, 2.45) is 0 Å². The van der Waals surface area contributed by atoms with E-state index >= 15 is 0 Å². The van der Waals surface area contributed by atoms with E-state index in [4.69, 9.17) is 4.74 Å². The van der Waals surface area contributed by atoms with Gasteiger partial charge in [0.05, 0.1) is 11.1 Å². The lowest BCUT2D eigenvalue weighted by molar-refractivity contribution is 0.0695. The van der Waals surface area contributed by atoms with Gasteiger partial charge in [-0.05, 0) is 6.07 Å². The van der Waals surface area contributed by atoms with E-state index in [1.54, 1.807) is 6.20 Å². The van der Waals surface area contributed by atoms with Gasteiger partial charge in [0.25, 0.3) is 0 Å². The predicted octanol–water partition coefficient (Wildman–Crippen LogP) is 2.13. The number of carboxylic acid groups (broad SMARTS) is 1. The molecule has 0 amide bonds. The highest BCUT2D eigenvalue weighted by Crippen LogP contribution is 2.35. The summed E-state index contributed by atoms with van der Waals surface area (Å²) in [7, 11) is 0. The predicted molar refractivity (Wildman–Crippen MR) is 82.3 cm³/mol. The van der Waals surface area contributed by atoms with Gasteiger partial charge in [-0.25, -0.2) is 14.2 Å². The van der Waals surface area contributed by atoms with Gasteiger partial charge in [-0.3, -0.25) is 4.79 Å². The topological polar surface area (TPSA) is 97.2 Å². The van der Waals surface area contributed by atoms with Gasteiger partial charge in [0.15, 0.2) is 11.6 Å². The number of H-pyrrole nitrogens is 1. The number of hydrogen-bond acceptors (Lipinski definition) is 4. The monoisotopic (exact) mass is 345 g/mol. The maximum Gasteiger partial charge on any atom is 0.341 e. The molecule has 0 saturated heterocycles. The van der Waals surface area contributed by atoms with E-state index in [1.165, 1.54) is 17.0 Å². The minimum Gasteiger partial charge on any atom is -0.477 e. The van der Waals surface area contributed by atoms with Crippen LogP contribution in [-0.4, -0.2) is 25.6 Å². The number of hydrogen-bond donors (Lipinski definition) is 2. The van der Waals surface area contributed by atoms with Crippen molar-refractivity contribution in [3.8, 4) is 5.75 Å². The highest BCUT2D eigenvalue weighted by atomic mass is 19.2. The molecule has 3 heterocycles. The highest BCUT2D eigenvalue weighted by molar-refractivity contribution is 5.96. The zero-order valence-corrected chi connectivity index (χ0v) is 12.4. The summed E-state index contributed by atoms with van der Waals surface area (Å²) in [6.45, 7) is 0. The maximum absolute atomic E-state index is 14.1. The minimum absolute atomic E-state index is 0.0297. The van der Waals surface area contributed by atoms with Gasteiger partial charge in [-0.15, -0.1) is 0 Å². The Hall–Kier alpha value is -3.49. The molecular weight excluding hydrogens is 336 g/mol. The van der Waals surface area contributed by atoms with Crippen molar-refractivity contribution in [2.75, 3.05) is 0 Å². The van der Waals surface area contributed by atoms with Gasteiger partial charge < -0.3 is 19.4 Å². The van der Waals surface area contributed by atoms with Crippen molar-refractivity contribution >= 4 is 22.6 Å². The molecule has 7 nitrogen and oxygen atoms in total. The van der Waals surface area contributed by atoms with Crippen molar-refractivity contribution < 1.29 is 23.4 Å². The molecule has 2 aromatic heterocycles. The van der Waals surface area contributed by atoms with Crippen LogP contribution in [0.1, 0.15) is 16.2 Å².